The van der Waals surface area contributed by atoms with Gasteiger partial charge in [-0.3, -0.25) is 4.84 Å². The van der Waals surface area contributed by atoms with Crippen LogP contribution in [0.4, 0.5) is 4.79 Å². The molecule has 0 spiro atoms. The molecule has 5 nitrogen and oxygen atoms in total. The number of rotatable bonds is 4. The van der Waals surface area contributed by atoms with E-state index >= 15 is 0 Å². The summed E-state index contributed by atoms with van der Waals surface area (Å²) < 4.78 is 5.00. The lowest BCUT2D eigenvalue weighted by Gasteiger charge is -2.23. The lowest BCUT2D eigenvalue weighted by Crippen LogP contribution is -2.34. The number of hydroxylamine groups is 2. The van der Waals surface area contributed by atoms with Crippen molar-refractivity contribution in [1.29, 1.82) is 0 Å². The van der Waals surface area contributed by atoms with Gasteiger partial charge in [0.15, 0.2) is 0 Å². The molecule has 0 fully saturated rings. The van der Waals surface area contributed by atoms with Crippen molar-refractivity contribution in [2.75, 3.05) is 13.7 Å². The molecule has 0 bridgehead atoms. The summed E-state index contributed by atoms with van der Waals surface area (Å²) >= 11 is 0. The highest BCUT2D eigenvalue weighted by Gasteiger charge is 2.19. The zero-order chi connectivity index (χ0) is 11.2. The summed E-state index contributed by atoms with van der Waals surface area (Å²) in [5, 5.41) is 0.981. The third kappa shape index (κ3) is 6.42. The summed E-state index contributed by atoms with van der Waals surface area (Å²) in [6, 6.07) is 0. The molecule has 0 aliphatic carbocycles. The maximum absolute atomic E-state index is 11.2. The fourth-order valence-electron chi connectivity index (χ4n) is 0.617. The molecule has 82 valence electrons. The largest absolute Gasteiger partial charge is 0.442 e. The summed E-state index contributed by atoms with van der Waals surface area (Å²) in [5.74, 6) is 0. The van der Waals surface area contributed by atoms with Crippen LogP contribution in [-0.2, 0) is 14.4 Å². The molecule has 0 rings (SSSR count). The van der Waals surface area contributed by atoms with Gasteiger partial charge in [0, 0.05) is 13.5 Å². The first-order chi connectivity index (χ1) is 6.37. The smallest absolute Gasteiger partial charge is 0.434 e. The van der Waals surface area contributed by atoms with Gasteiger partial charge in [-0.1, -0.05) is 0 Å². The first kappa shape index (κ1) is 12.9. The molecule has 0 saturated heterocycles. The molecular weight excluding hydrogens is 186 g/mol. The molecule has 0 aromatic carbocycles. The molecule has 14 heavy (non-hydrogen) atoms. The second-order valence-corrected chi connectivity index (χ2v) is 3.77. The lowest BCUT2D eigenvalue weighted by molar-refractivity contribution is -0.135. The van der Waals surface area contributed by atoms with Crippen LogP contribution in [-0.4, -0.2) is 36.7 Å². The van der Waals surface area contributed by atoms with Crippen LogP contribution in [0.3, 0.4) is 0 Å². The van der Waals surface area contributed by atoms with Crippen LogP contribution in [0, 0.1) is 0 Å². The van der Waals surface area contributed by atoms with Crippen molar-refractivity contribution in [3.8, 4) is 0 Å². The second kappa shape index (κ2) is 5.59. The predicted molar refractivity (Wildman–Crippen MR) is 50.6 cm³/mol. The zero-order valence-corrected chi connectivity index (χ0v) is 9.07. The number of ether oxygens (including phenoxy) is 1. The monoisotopic (exact) mass is 203 g/mol. The molecule has 0 saturated carbocycles. The third-order valence-corrected chi connectivity index (χ3v) is 1.17. The number of carbonyl (C=O) groups excluding carboxylic acids is 2. The van der Waals surface area contributed by atoms with Crippen LogP contribution in [0.15, 0.2) is 0 Å². The summed E-state index contributed by atoms with van der Waals surface area (Å²) in [7, 11) is 1.44. The number of carbonyl (C=O) groups is 2. The molecule has 0 aromatic heterocycles. The first-order valence-electron chi connectivity index (χ1n) is 4.40. The number of aldehydes is 1. The number of amides is 1. The third-order valence-electron chi connectivity index (χ3n) is 1.17. The molecular formula is C9H17NO4. The van der Waals surface area contributed by atoms with Crippen LogP contribution < -0.4 is 0 Å². The van der Waals surface area contributed by atoms with E-state index in [9.17, 15) is 9.59 Å². The van der Waals surface area contributed by atoms with Crippen LogP contribution in [0.5, 0.6) is 0 Å². The molecule has 0 atom stereocenters. The van der Waals surface area contributed by atoms with Gasteiger partial charge in [-0.05, 0) is 20.8 Å². The molecule has 5 heteroatoms. The SMILES string of the molecule is CN(OCCC=O)C(=O)OC(C)(C)C. The van der Waals surface area contributed by atoms with E-state index in [2.05, 4.69) is 0 Å². The van der Waals surface area contributed by atoms with Gasteiger partial charge in [-0.25, -0.2) is 4.79 Å². The highest BCUT2D eigenvalue weighted by atomic mass is 16.7. The van der Waals surface area contributed by atoms with Gasteiger partial charge in [-0.15, -0.1) is 0 Å². The zero-order valence-electron chi connectivity index (χ0n) is 9.07. The lowest BCUT2D eigenvalue weighted by atomic mass is 10.2. The Morgan fingerprint density at radius 2 is 2.00 bits per heavy atom. The van der Waals surface area contributed by atoms with Crippen molar-refractivity contribution in [1.82, 2.24) is 5.06 Å². The van der Waals surface area contributed by atoms with Crippen LogP contribution in [0.25, 0.3) is 0 Å². The Kier molecular flexibility index (Phi) is 5.15. The Morgan fingerprint density at radius 1 is 1.43 bits per heavy atom. The van der Waals surface area contributed by atoms with Gasteiger partial charge in [0.25, 0.3) is 0 Å². The average molecular weight is 203 g/mol. The maximum atomic E-state index is 11.2. The van der Waals surface area contributed by atoms with Crippen LogP contribution >= 0.6 is 0 Å². The molecule has 0 radical (unpaired) electrons. The highest BCUT2D eigenvalue weighted by Crippen LogP contribution is 2.09. The van der Waals surface area contributed by atoms with E-state index in [0.717, 1.165) is 11.3 Å². The average Bonchev–Trinajstić information content (AvgIpc) is 2.01. The minimum Gasteiger partial charge on any atom is -0.442 e. The standard InChI is InChI=1S/C9H17NO4/c1-9(2,3)14-8(12)10(4)13-7-5-6-11/h6H,5,7H2,1-4H3. The predicted octanol–water partition coefficient (Wildman–Crippen LogP) is 1.37. The van der Waals surface area contributed by atoms with Crippen molar-refractivity contribution in [2.45, 2.75) is 32.8 Å². The normalized spacial score (nSPS) is 10.9. The van der Waals surface area contributed by atoms with Crippen molar-refractivity contribution in [2.24, 2.45) is 0 Å². The van der Waals surface area contributed by atoms with Crippen LogP contribution in [0.1, 0.15) is 27.2 Å². The highest BCUT2D eigenvalue weighted by molar-refractivity contribution is 5.66. The minimum absolute atomic E-state index is 0.180. The Balaban J connectivity index is 3.82. The number of hydrogen-bond acceptors (Lipinski definition) is 4. The maximum Gasteiger partial charge on any atom is 0.434 e. The van der Waals surface area contributed by atoms with Gasteiger partial charge in [0.05, 0.1) is 6.61 Å². The molecule has 0 heterocycles. The Morgan fingerprint density at radius 3 is 2.43 bits per heavy atom. The van der Waals surface area contributed by atoms with E-state index in [1.54, 1.807) is 20.8 Å². The molecule has 1 amide bonds. The molecule has 0 aliphatic heterocycles. The van der Waals surface area contributed by atoms with E-state index in [-0.39, 0.29) is 13.0 Å². The van der Waals surface area contributed by atoms with E-state index in [0.29, 0.717) is 0 Å². The first-order valence-corrected chi connectivity index (χ1v) is 4.40. The van der Waals surface area contributed by atoms with Crippen molar-refractivity contribution >= 4 is 12.4 Å². The van der Waals surface area contributed by atoms with Crippen LogP contribution in [0.2, 0.25) is 0 Å². The summed E-state index contributed by atoms with van der Waals surface area (Å²) in [4.78, 5) is 26.1. The summed E-state index contributed by atoms with van der Waals surface area (Å²) in [6.45, 7) is 5.48. The molecule has 0 aromatic rings. The van der Waals surface area contributed by atoms with E-state index < -0.39 is 11.7 Å². The fraction of sp³-hybridized carbons (Fsp3) is 0.778. The number of nitrogens with zero attached hydrogens (tertiary/aromatic N) is 1. The molecule has 0 N–H and O–H groups in total. The molecule has 0 unspecified atom stereocenters. The Bertz CT molecular complexity index is 197. The fourth-order valence-corrected chi connectivity index (χ4v) is 0.617. The molecule has 0 aliphatic rings. The van der Waals surface area contributed by atoms with Gasteiger partial charge in [0.1, 0.15) is 11.9 Å². The van der Waals surface area contributed by atoms with Crippen molar-refractivity contribution < 1.29 is 19.2 Å². The topological polar surface area (TPSA) is 55.8 Å². The Labute approximate surface area is 83.9 Å². The van der Waals surface area contributed by atoms with E-state index in [1.807, 2.05) is 0 Å². The van der Waals surface area contributed by atoms with Gasteiger partial charge in [-0.2, -0.15) is 5.06 Å². The Hall–Kier alpha value is -1.10. The summed E-state index contributed by atoms with van der Waals surface area (Å²) in [5.41, 5.74) is -0.542. The van der Waals surface area contributed by atoms with Gasteiger partial charge in [0.2, 0.25) is 0 Å². The number of hydrogen-bond donors (Lipinski definition) is 0. The van der Waals surface area contributed by atoms with Crippen molar-refractivity contribution in [3.63, 3.8) is 0 Å². The van der Waals surface area contributed by atoms with E-state index in [4.69, 9.17) is 9.57 Å². The van der Waals surface area contributed by atoms with E-state index in [1.165, 1.54) is 7.05 Å². The van der Waals surface area contributed by atoms with Crippen molar-refractivity contribution in [3.05, 3.63) is 0 Å². The minimum atomic E-state index is -0.566. The van der Waals surface area contributed by atoms with Gasteiger partial charge < -0.3 is 9.53 Å². The second-order valence-electron chi connectivity index (χ2n) is 3.77. The quantitative estimate of drug-likeness (QED) is 0.393. The summed E-state index contributed by atoms with van der Waals surface area (Å²) in [6.07, 6.45) is 0.416. The van der Waals surface area contributed by atoms with Gasteiger partial charge >= 0.3 is 6.09 Å².